The first-order chi connectivity index (χ1) is 4.84. The number of hydrogen-bond acceptors (Lipinski definition) is 3. The molecule has 0 unspecified atom stereocenters. The highest BCUT2D eigenvalue weighted by Crippen LogP contribution is 2.10. The number of aromatic nitrogens is 1. The van der Waals surface area contributed by atoms with Crippen LogP contribution >= 0.6 is 0 Å². The Hall–Kier alpha value is -1.45. The van der Waals surface area contributed by atoms with Crippen molar-refractivity contribution in [3.05, 3.63) is 28.9 Å². The lowest BCUT2D eigenvalue weighted by molar-refractivity contribution is 1.22. The first-order valence-electron chi connectivity index (χ1n) is 2.83. The number of aryl methyl sites for hydroxylation is 1. The van der Waals surface area contributed by atoms with Gasteiger partial charge in [-0.15, -0.1) is 4.91 Å². The van der Waals surface area contributed by atoms with E-state index in [1.54, 1.807) is 18.5 Å². The van der Waals surface area contributed by atoms with Crippen LogP contribution in [0.25, 0.3) is 0 Å². The highest BCUT2D eigenvalue weighted by Gasteiger charge is 1.93. The van der Waals surface area contributed by atoms with E-state index in [4.69, 9.17) is 0 Å². The molecule has 0 atom stereocenters. The maximum absolute atomic E-state index is 9.74. The van der Waals surface area contributed by atoms with E-state index in [-0.39, 0.29) is 0 Å². The first kappa shape index (κ1) is 6.67. The van der Waals surface area contributed by atoms with Crippen molar-refractivity contribution in [1.82, 2.24) is 4.98 Å². The molecule has 1 aromatic heterocycles. The van der Waals surface area contributed by atoms with Crippen molar-refractivity contribution in [3.8, 4) is 0 Å². The Balaban J connectivity index is 2.91. The number of nitrogens with one attached hydrogen (secondary N) is 1. The van der Waals surface area contributed by atoms with Gasteiger partial charge in [0.25, 0.3) is 0 Å². The molecule has 1 heterocycles. The fraction of sp³-hybridized carbons (Fsp3) is 0.167. The highest BCUT2D eigenvalue weighted by atomic mass is 16.3. The summed E-state index contributed by atoms with van der Waals surface area (Å²) in [5, 5.41) is 2.54. The van der Waals surface area contributed by atoms with Gasteiger partial charge in [0, 0.05) is 12.4 Å². The lowest BCUT2D eigenvalue weighted by atomic mass is 10.3. The van der Waals surface area contributed by atoms with Gasteiger partial charge in [-0.1, -0.05) is 0 Å². The molecule has 0 radical (unpaired) electrons. The van der Waals surface area contributed by atoms with Crippen molar-refractivity contribution in [3.63, 3.8) is 0 Å². The molecule has 0 aromatic carbocycles. The van der Waals surface area contributed by atoms with Gasteiger partial charge in [0.2, 0.25) is 0 Å². The predicted molar refractivity (Wildman–Crippen MR) is 38.4 cm³/mol. The zero-order valence-electron chi connectivity index (χ0n) is 5.53. The molecule has 0 aliphatic carbocycles. The van der Waals surface area contributed by atoms with Gasteiger partial charge in [-0.3, -0.25) is 4.98 Å². The molecule has 52 valence electrons. The average Bonchev–Trinajstić information content (AvgIpc) is 1.94. The Morgan fingerprint density at radius 3 is 3.10 bits per heavy atom. The van der Waals surface area contributed by atoms with E-state index in [1.807, 2.05) is 6.92 Å². The van der Waals surface area contributed by atoms with Gasteiger partial charge >= 0.3 is 0 Å². The van der Waals surface area contributed by atoms with Crippen LogP contribution in [0, 0.1) is 11.8 Å². The van der Waals surface area contributed by atoms with Crippen LogP contribution in [0.15, 0.2) is 23.7 Å². The van der Waals surface area contributed by atoms with Crippen molar-refractivity contribution in [2.45, 2.75) is 6.92 Å². The van der Waals surface area contributed by atoms with E-state index < -0.39 is 0 Å². The van der Waals surface area contributed by atoms with Crippen molar-refractivity contribution >= 4 is 5.69 Å². The third-order valence-corrected chi connectivity index (χ3v) is 1.19. The molecule has 4 heteroatoms. The summed E-state index contributed by atoms with van der Waals surface area (Å²) in [7, 11) is 0. The molecule has 0 aliphatic heterocycles. The number of nitroso groups, excluding NO2 is 1. The summed E-state index contributed by atoms with van der Waals surface area (Å²) >= 11 is 0. The molecule has 0 saturated heterocycles. The van der Waals surface area contributed by atoms with Crippen molar-refractivity contribution < 1.29 is 0 Å². The summed E-state index contributed by atoms with van der Waals surface area (Å²) in [6.45, 7) is 1.85. The molecule has 0 amide bonds. The zero-order chi connectivity index (χ0) is 7.40. The topological polar surface area (TPSA) is 54.4 Å². The zero-order valence-corrected chi connectivity index (χ0v) is 5.53. The van der Waals surface area contributed by atoms with Gasteiger partial charge in [0.15, 0.2) is 0 Å². The van der Waals surface area contributed by atoms with Gasteiger partial charge in [0.05, 0.1) is 11.0 Å². The van der Waals surface area contributed by atoms with E-state index in [0.717, 1.165) is 5.56 Å². The Kier molecular flexibility index (Phi) is 1.94. The smallest absolute Gasteiger partial charge is 0.0653 e. The molecule has 1 rings (SSSR count). The molecule has 0 spiro atoms. The van der Waals surface area contributed by atoms with E-state index >= 15 is 0 Å². The highest BCUT2D eigenvalue weighted by molar-refractivity contribution is 5.47. The molecule has 10 heavy (non-hydrogen) atoms. The van der Waals surface area contributed by atoms with Crippen molar-refractivity contribution in [1.29, 1.82) is 0 Å². The summed E-state index contributed by atoms with van der Waals surface area (Å²) in [5.41, 5.74) is 3.91. The molecule has 1 aromatic rings. The number of anilines is 1. The van der Waals surface area contributed by atoms with Gasteiger partial charge in [0.1, 0.15) is 0 Å². The Bertz CT molecular complexity index is 236. The van der Waals surface area contributed by atoms with Crippen LogP contribution in [0.1, 0.15) is 5.56 Å². The minimum Gasteiger partial charge on any atom is -0.264 e. The van der Waals surface area contributed by atoms with Crippen molar-refractivity contribution in [2.75, 3.05) is 5.43 Å². The summed E-state index contributed by atoms with van der Waals surface area (Å²) < 4.78 is 0. The maximum atomic E-state index is 9.74. The molecule has 4 nitrogen and oxygen atoms in total. The predicted octanol–water partition coefficient (Wildman–Crippen LogP) is 1.48. The molecule has 0 bridgehead atoms. The van der Waals surface area contributed by atoms with Gasteiger partial charge < -0.3 is 0 Å². The van der Waals surface area contributed by atoms with E-state index in [0.29, 0.717) is 5.69 Å². The molecule has 0 fully saturated rings. The van der Waals surface area contributed by atoms with Crippen LogP contribution in [0.3, 0.4) is 0 Å². The number of pyridine rings is 1. The first-order valence-corrected chi connectivity index (χ1v) is 2.83. The molecular formula is C6H7N3O. The monoisotopic (exact) mass is 137 g/mol. The molecule has 0 aliphatic rings. The summed E-state index contributed by atoms with van der Waals surface area (Å²) in [5.74, 6) is 0. The summed E-state index contributed by atoms with van der Waals surface area (Å²) in [4.78, 5) is 13.6. The second kappa shape index (κ2) is 2.91. The Morgan fingerprint density at radius 2 is 2.50 bits per heavy atom. The Morgan fingerprint density at radius 1 is 1.70 bits per heavy atom. The maximum Gasteiger partial charge on any atom is 0.0653 e. The third kappa shape index (κ3) is 1.28. The quantitative estimate of drug-likeness (QED) is 0.496. The second-order valence-corrected chi connectivity index (χ2v) is 1.89. The van der Waals surface area contributed by atoms with Crippen molar-refractivity contribution in [2.24, 2.45) is 5.29 Å². The van der Waals surface area contributed by atoms with Crippen LogP contribution in [0.4, 0.5) is 5.69 Å². The van der Waals surface area contributed by atoms with Crippen LogP contribution in [-0.4, -0.2) is 4.98 Å². The fourth-order valence-corrected chi connectivity index (χ4v) is 0.648. The molecular weight excluding hydrogens is 130 g/mol. The second-order valence-electron chi connectivity index (χ2n) is 1.89. The lowest BCUT2D eigenvalue weighted by Gasteiger charge is -1.98. The molecule has 1 N–H and O–H groups in total. The lowest BCUT2D eigenvalue weighted by Crippen LogP contribution is -1.89. The minimum absolute atomic E-state index is 0.699. The fourth-order valence-electron chi connectivity index (χ4n) is 0.648. The summed E-state index contributed by atoms with van der Waals surface area (Å²) in [6, 6.07) is 1.69. The van der Waals surface area contributed by atoms with Crippen LogP contribution in [-0.2, 0) is 0 Å². The number of nitrogens with zero attached hydrogens (tertiary/aromatic N) is 2. The van der Waals surface area contributed by atoms with E-state index in [9.17, 15) is 4.91 Å². The number of rotatable bonds is 2. The van der Waals surface area contributed by atoms with Gasteiger partial charge in [-0.05, 0) is 18.6 Å². The van der Waals surface area contributed by atoms with E-state index in [1.165, 1.54) is 0 Å². The van der Waals surface area contributed by atoms with Crippen LogP contribution in [0.5, 0.6) is 0 Å². The van der Waals surface area contributed by atoms with Gasteiger partial charge in [-0.2, -0.15) is 0 Å². The largest absolute Gasteiger partial charge is 0.264 e. The third-order valence-electron chi connectivity index (χ3n) is 1.19. The van der Waals surface area contributed by atoms with Crippen LogP contribution in [0.2, 0.25) is 0 Å². The SMILES string of the molecule is Cc1cnccc1NN=O. The normalized spacial score (nSPS) is 8.90. The Labute approximate surface area is 58.2 Å². The average molecular weight is 137 g/mol. The molecule has 0 saturated carbocycles. The van der Waals surface area contributed by atoms with Crippen LogP contribution < -0.4 is 5.43 Å². The summed E-state index contributed by atoms with van der Waals surface area (Å²) in [6.07, 6.45) is 3.26. The van der Waals surface area contributed by atoms with Gasteiger partial charge in [-0.25, -0.2) is 5.43 Å². The number of hydrogen-bond donors (Lipinski definition) is 1. The van der Waals surface area contributed by atoms with E-state index in [2.05, 4.69) is 15.7 Å². The standard InChI is InChI=1S/C6H7N3O/c1-5-4-7-3-2-6(5)8-9-10/h2-4H,1H3,(H,7,8,10). The minimum atomic E-state index is 0.699.